The Morgan fingerprint density at radius 1 is 1.46 bits per heavy atom. The lowest BCUT2D eigenvalue weighted by atomic mass is 9.95. The summed E-state index contributed by atoms with van der Waals surface area (Å²) in [5.74, 6) is -0.776. The van der Waals surface area contributed by atoms with Crippen molar-refractivity contribution in [1.82, 2.24) is 15.5 Å². The van der Waals surface area contributed by atoms with E-state index in [9.17, 15) is 14.4 Å². The largest absolute Gasteiger partial charge is 0.379 e. The molecule has 0 bridgehead atoms. The van der Waals surface area contributed by atoms with Crippen LogP contribution in [0.25, 0.3) is 0 Å². The third kappa shape index (κ3) is 4.12. The Bertz CT molecular complexity index is 602. The molecule has 4 amide bonds. The molecule has 0 saturated carbocycles. The molecule has 0 aromatic carbocycles. The van der Waals surface area contributed by atoms with Gasteiger partial charge in [-0.3, -0.25) is 14.5 Å². The SMILES string of the molecule is CC(C)OCCCNC(=O)CN1C(=O)NC(C)(c2ccsc2)C1=O. The van der Waals surface area contributed by atoms with Gasteiger partial charge in [-0.05, 0) is 49.6 Å². The van der Waals surface area contributed by atoms with Crippen molar-refractivity contribution in [3.05, 3.63) is 22.4 Å². The van der Waals surface area contributed by atoms with Gasteiger partial charge in [0.25, 0.3) is 5.91 Å². The van der Waals surface area contributed by atoms with E-state index in [4.69, 9.17) is 4.74 Å². The van der Waals surface area contributed by atoms with Crippen molar-refractivity contribution in [1.29, 1.82) is 0 Å². The number of nitrogens with one attached hydrogen (secondary N) is 2. The molecule has 1 aliphatic rings. The average Bonchev–Trinajstić information content (AvgIpc) is 3.11. The smallest absolute Gasteiger partial charge is 0.325 e. The predicted molar refractivity (Wildman–Crippen MR) is 90.6 cm³/mol. The van der Waals surface area contributed by atoms with E-state index in [2.05, 4.69) is 10.6 Å². The average molecular weight is 353 g/mol. The van der Waals surface area contributed by atoms with Gasteiger partial charge in [0.15, 0.2) is 0 Å². The van der Waals surface area contributed by atoms with E-state index in [1.54, 1.807) is 13.0 Å². The van der Waals surface area contributed by atoms with Gasteiger partial charge in [0.2, 0.25) is 5.91 Å². The second-order valence-corrected chi connectivity index (χ2v) is 6.86. The topological polar surface area (TPSA) is 87.7 Å². The van der Waals surface area contributed by atoms with Crippen LogP contribution in [0.5, 0.6) is 0 Å². The van der Waals surface area contributed by atoms with E-state index in [1.807, 2.05) is 24.6 Å². The van der Waals surface area contributed by atoms with Crippen LogP contribution in [0.1, 0.15) is 32.8 Å². The fourth-order valence-corrected chi connectivity index (χ4v) is 3.17. The fraction of sp³-hybridized carbons (Fsp3) is 0.562. The highest BCUT2D eigenvalue weighted by molar-refractivity contribution is 7.08. The van der Waals surface area contributed by atoms with E-state index >= 15 is 0 Å². The summed E-state index contributed by atoms with van der Waals surface area (Å²) in [5, 5.41) is 9.02. The first-order valence-corrected chi connectivity index (χ1v) is 8.84. The first-order chi connectivity index (χ1) is 11.3. The molecule has 2 rings (SSSR count). The van der Waals surface area contributed by atoms with Crippen LogP contribution in [-0.4, -0.2) is 48.5 Å². The first-order valence-electron chi connectivity index (χ1n) is 7.89. The summed E-state index contributed by atoms with van der Waals surface area (Å²) in [6, 6.07) is 1.24. The number of hydrogen-bond acceptors (Lipinski definition) is 5. The Kier molecular flexibility index (Phi) is 5.95. The molecule has 1 aromatic heterocycles. The summed E-state index contributed by atoms with van der Waals surface area (Å²) in [6.45, 7) is 6.25. The molecule has 7 nitrogen and oxygen atoms in total. The normalized spacial score (nSPS) is 20.6. The van der Waals surface area contributed by atoms with E-state index in [-0.39, 0.29) is 18.6 Å². The molecule has 1 aromatic rings. The van der Waals surface area contributed by atoms with Crippen LogP contribution in [0.3, 0.4) is 0 Å². The number of amides is 4. The lowest BCUT2D eigenvalue weighted by molar-refractivity contribution is -0.134. The summed E-state index contributed by atoms with van der Waals surface area (Å²) in [4.78, 5) is 37.6. The van der Waals surface area contributed by atoms with E-state index in [0.717, 1.165) is 10.5 Å². The fourth-order valence-electron chi connectivity index (χ4n) is 2.40. The molecule has 1 atom stereocenters. The molecule has 0 radical (unpaired) electrons. The molecule has 1 fully saturated rings. The minimum Gasteiger partial charge on any atom is -0.379 e. The molecule has 24 heavy (non-hydrogen) atoms. The molecular formula is C16H23N3O4S. The Balaban J connectivity index is 1.85. The van der Waals surface area contributed by atoms with Gasteiger partial charge in [-0.25, -0.2) is 4.79 Å². The minimum absolute atomic E-state index is 0.154. The van der Waals surface area contributed by atoms with Crippen LogP contribution in [-0.2, 0) is 19.9 Å². The minimum atomic E-state index is -1.11. The van der Waals surface area contributed by atoms with Gasteiger partial charge in [0.05, 0.1) is 6.10 Å². The Morgan fingerprint density at radius 3 is 2.83 bits per heavy atom. The molecule has 1 unspecified atom stereocenters. The number of urea groups is 1. The number of imide groups is 1. The summed E-state index contributed by atoms with van der Waals surface area (Å²) in [7, 11) is 0. The highest BCUT2D eigenvalue weighted by Gasteiger charge is 2.49. The lowest BCUT2D eigenvalue weighted by Gasteiger charge is -2.20. The number of hydrogen-bond donors (Lipinski definition) is 2. The van der Waals surface area contributed by atoms with Crippen molar-refractivity contribution >= 4 is 29.2 Å². The van der Waals surface area contributed by atoms with Crippen molar-refractivity contribution in [2.45, 2.75) is 38.8 Å². The summed E-state index contributed by atoms with van der Waals surface area (Å²) in [5.41, 5.74) is -0.387. The van der Waals surface area contributed by atoms with Crippen molar-refractivity contribution in [2.75, 3.05) is 19.7 Å². The molecule has 0 spiro atoms. The standard InChI is InChI=1S/C16H23N3O4S/c1-11(2)23-7-4-6-17-13(20)9-19-14(21)16(3,18-15(19)22)12-5-8-24-10-12/h5,8,10-11H,4,6-7,9H2,1-3H3,(H,17,20)(H,18,22). The zero-order chi connectivity index (χ0) is 17.7. The number of ether oxygens (including phenoxy) is 1. The monoisotopic (exact) mass is 353 g/mol. The second-order valence-electron chi connectivity index (χ2n) is 6.08. The van der Waals surface area contributed by atoms with Crippen LogP contribution in [0, 0.1) is 0 Å². The third-order valence-corrected chi connectivity index (χ3v) is 4.45. The van der Waals surface area contributed by atoms with E-state index in [0.29, 0.717) is 19.6 Å². The summed E-state index contributed by atoms with van der Waals surface area (Å²) in [6.07, 6.45) is 0.831. The number of thiophene rings is 1. The molecule has 2 heterocycles. The second kappa shape index (κ2) is 7.76. The van der Waals surface area contributed by atoms with Crippen molar-refractivity contribution in [3.63, 3.8) is 0 Å². The van der Waals surface area contributed by atoms with Crippen molar-refractivity contribution < 1.29 is 19.1 Å². The highest BCUT2D eigenvalue weighted by atomic mass is 32.1. The predicted octanol–water partition coefficient (Wildman–Crippen LogP) is 1.45. The number of carbonyl (C=O) groups excluding carboxylic acids is 3. The van der Waals surface area contributed by atoms with Crippen LogP contribution >= 0.6 is 11.3 Å². The number of rotatable bonds is 8. The summed E-state index contributed by atoms with van der Waals surface area (Å²) >= 11 is 1.45. The first kappa shape index (κ1) is 18.4. The van der Waals surface area contributed by atoms with E-state index in [1.165, 1.54) is 11.3 Å². The van der Waals surface area contributed by atoms with E-state index < -0.39 is 17.5 Å². The van der Waals surface area contributed by atoms with Gasteiger partial charge >= 0.3 is 6.03 Å². The Morgan fingerprint density at radius 2 is 2.21 bits per heavy atom. The molecule has 1 saturated heterocycles. The number of nitrogens with zero attached hydrogens (tertiary/aromatic N) is 1. The zero-order valence-corrected chi connectivity index (χ0v) is 14.9. The van der Waals surface area contributed by atoms with Crippen LogP contribution in [0.2, 0.25) is 0 Å². The molecular weight excluding hydrogens is 330 g/mol. The van der Waals surface area contributed by atoms with Gasteiger partial charge in [-0.15, -0.1) is 0 Å². The maximum atomic E-state index is 12.6. The maximum absolute atomic E-state index is 12.6. The molecule has 2 N–H and O–H groups in total. The Labute approximate surface area is 145 Å². The molecule has 132 valence electrons. The quantitative estimate of drug-likeness (QED) is 0.547. The van der Waals surface area contributed by atoms with Crippen molar-refractivity contribution in [3.8, 4) is 0 Å². The van der Waals surface area contributed by atoms with Gasteiger partial charge in [0.1, 0.15) is 12.1 Å². The van der Waals surface area contributed by atoms with Gasteiger partial charge < -0.3 is 15.4 Å². The van der Waals surface area contributed by atoms with Crippen LogP contribution in [0.15, 0.2) is 16.8 Å². The number of carbonyl (C=O) groups is 3. The Hall–Kier alpha value is -1.93. The van der Waals surface area contributed by atoms with Gasteiger partial charge in [0, 0.05) is 13.2 Å². The maximum Gasteiger partial charge on any atom is 0.325 e. The molecule has 0 aliphatic carbocycles. The summed E-state index contributed by atoms with van der Waals surface area (Å²) < 4.78 is 5.38. The third-order valence-electron chi connectivity index (χ3n) is 3.77. The zero-order valence-electron chi connectivity index (χ0n) is 14.1. The van der Waals surface area contributed by atoms with Gasteiger partial charge in [-0.2, -0.15) is 11.3 Å². The lowest BCUT2D eigenvalue weighted by Crippen LogP contribution is -2.43. The molecule has 1 aliphatic heterocycles. The highest BCUT2D eigenvalue weighted by Crippen LogP contribution is 2.29. The van der Waals surface area contributed by atoms with Gasteiger partial charge in [-0.1, -0.05) is 0 Å². The van der Waals surface area contributed by atoms with Crippen molar-refractivity contribution in [2.24, 2.45) is 0 Å². The van der Waals surface area contributed by atoms with Crippen LogP contribution in [0.4, 0.5) is 4.79 Å². The molecule has 8 heteroatoms. The van der Waals surface area contributed by atoms with Crippen LogP contribution < -0.4 is 10.6 Å².